The number of aryl methyl sites for hydroxylation is 1. The highest BCUT2D eigenvalue weighted by atomic mass is 32.2. The third kappa shape index (κ3) is 3.28. The Morgan fingerprint density at radius 1 is 1.12 bits per heavy atom. The molecule has 4 atom stereocenters. The molecule has 0 spiro atoms. The zero-order valence-electron chi connectivity index (χ0n) is 13.6. The smallest absolute Gasteiger partial charge is 0.237 e. The molecule has 0 amide bonds. The maximum Gasteiger partial charge on any atom is 0.237 e. The Morgan fingerprint density at radius 3 is 2.32 bits per heavy atom. The number of hydrogen-bond acceptors (Lipinski definition) is 5. The SMILES string of the molecule is Cc1ccc([C@@H]2C(C#N)C(=N)S[C@@H](c3ccccc3)[C@H]2[N+](=O)[O-])cc1. The van der Waals surface area contributed by atoms with Crippen LogP contribution in [0, 0.1) is 39.7 Å². The zero-order chi connectivity index (χ0) is 18.0. The number of hydrogen-bond donors (Lipinski definition) is 1. The van der Waals surface area contributed by atoms with E-state index in [0.29, 0.717) is 0 Å². The van der Waals surface area contributed by atoms with Crippen molar-refractivity contribution in [3.05, 3.63) is 81.4 Å². The van der Waals surface area contributed by atoms with Gasteiger partial charge in [0.2, 0.25) is 6.04 Å². The first-order valence-corrected chi connectivity index (χ1v) is 8.80. The van der Waals surface area contributed by atoms with Gasteiger partial charge in [-0.3, -0.25) is 15.5 Å². The van der Waals surface area contributed by atoms with Gasteiger partial charge in [-0.15, -0.1) is 0 Å². The normalized spacial score (nSPS) is 26.0. The summed E-state index contributed by atoms with van der Waals surface area (Å²) in [5, 5.41) is 29.6. The predicted octanol–water partition coefficient (Wildman–Crippen LogP) is 4.33. The molecule has 0 saturated carbocycles. The molecule has 1 heterocycles. The summed E-state index contributed by atoms with van der Waals surface area (Å²) >= 11 is 1.13. The first kappa shape index (κ1) is 17.2. The van der Waals surface area contributed by atoms with Gasteiger partial charge in [0.25, 0.3) is 0 Å². The van der Waals surface area contributed by atoms with Crippen LogP contribution in [0.15, 0.2) is 54.6 Å². The molecule has 2 aromatic carbocycles. The highest BCUT2D eigenvalue weighted by molar-refractivity contribution is 8.14. The molecule has 1 aliphatic rings. The summed E-state index contributed by atoms with van der Waals surface area (Å²) < 4.78 is 0. The largest absolute Gasteiger partial charge is 0.297 e. The quantitative estimate of drug-likeness (QED) is 0.658. The van der Waals surface area contributed by atoms with Crippen LogP contribution >= 0.6 is 11.8 Å². The fourth-order valence-electron chi connectivity index (χ4n) is 3.30. The second kappa shape index (κ2) is 7.08. The van der Waals surface area contributed by atoms with E-state index < -0.39 is 23.1 Å². The first-order valence-electron chi connectivity index (χ1n) is 7.92. The van der Waals surface area contributed by atoms with Gasteiger partial charge >= 0.3 is 0 Å². The second-order valence-corrected chi connectivity index (χ2v) is 7.32. The molecule has 0 bridgehead atoms. The van der Waals surface area contributed by atoms with Gasteiger partial charge in [-0.2, -0.15) is 5.26 Å². The van der Waals surface area contributed by atoms with E-state index in [1.807, 2.05) is 61.5 Å². The minimum absolute atomic E-state index is 0.194. The molecular weight excluding hydrogens is 334 g/mol. The van der Waals surface area contributed by atoms with E-state index >= 15 is 0 Å². The first-order chi connectivity index (χ1) is 12.0. The van der Waals surface area contributed by atoms with Crippen molar-refractivity contribution in [2.45, 2.75) is 24.1 Å². The van der Waals surface area contributed by atoms with Gasteiger partial charge in [-0.05, 0) is 18.1 Å². The van der Waals surface area contributed by atoms with Crippen LogP contribution in [-0.4, -0.2) is 16.0 Å². The molecule has 5 nitrogen and oxygen atoms in total. The van der Waals surface area contributed by atoms with E-state index in [4.69, 9.17) is 5.41 Å². The lowest BCUT2D eigenvalue weighted by Crippen LogP contribution is -2.42. The maximum absolute atomic E-state index is 12.0. The predicted molar refractivity (Wildman–Crippen MR) is 98.3 cm³/mol. The van der Waals surface area contributed by atoms with Crippen LogP contribution in [0.4, 0.5) is 0 Å². The lowest BCUT2D eigenvalue weighted by molar-refractivity contribution is -0.528. The molecular formula is C19H17N3O2S. The number of thioether (sulfide) groups is 1. The van der Waals surface area contributed by atoms with E-state index in [2.05, 4.69) is 6.07 Å². The van der Waals surface area contributed by atoms with E-state index in [9.17, 15) is 15.4 Å². The topological polar surface area (TPSA) is 90.8 Å². The summed E-state index contributed by atoms with van der Waals surface area (Å²) in [5.41, 5.74) is 2.60. The van der Waals surface area contributed by atoms with Crippen molar-refractivity contribution in [2.75, 3.05) is 0 Å². The van der Waals surface area contributed by atoms with Crippen LogP contribution in [0.5, 0.6) is 0 Å². The molecule has 0 aromatic heterocycles. The standard InChI is InChI=1S/C19H17N3O2S/c1-12-7-9-13(10-8-12)16-15(11-20)19(21)25-18(17(16)22(23)24)14-5-3-2-4-6-14/h2-10,15-18,21H,1H3/t15?,16-,17+,18+/m1/s1. The van der Waals surface area contributed by atoms with Crippen molar-refractivity contribution in [2.24, 2.45) is 5.92 Å². The molecule has 1 saturated heterocycles. The van der Waals surface area contributed by atoms with Crippen molar-refractivity contribution < 1.29 is 4.92 Å². The van der Waals surface area contributed by atoms with Crippen LogP contribution in [0.3, 0.4) is 0 Å². The summed E-state index contributed by atoms with van der Waals surface area (Å²) in [5.74, 6) is -1.44. The Balaban J connectivity index is 2.12. The molecule has 126 valence electrons. The number of nitro groups is 1. The summed E-state index contributed by atoms with van der Waals surface area (Å²) in [4.78, 5) is 11.7. The summed E-state index contributed by atoms with van der Waals surface area (Å²) in [6, 6.07) is 17.9. The van der Waals surface area contributed by atoms with Gasteiger partial charge in [0.1, 0.15) is 11.2 Å². The fraction of sp³-hybridized carbons (Fsp3) is 0.263. The van der Waals surface area contributed by atoms with E-state index in [0.717, 1.165) is 28.5 Å². The third-order valence-electron chi connectivity index (χ3n) is 4.55. The number of nitrogens with zero attached hydrogens (tertiary/aromatic N) is 2. The van der Waals surface area contributed by atoms with Crippen LogP contribution in [-0.2, 0) is 0 Å². The molecule has 3 rings (SSSR count). The van der Waals surface area contributed by atoms with Crippen molar-refractivity contribution >= 4 is 16.8 Å². The van der Waals surface area contributed by atoms with Crippen LogP contribution in [0.1, 0.15) is 27.9 Å². The third-order valence-corrected chi connectivity index (χ3v) is 5.86. The van der Waals surface area contributed by atoms with Crippen LogP contribution < -0.4 is 0 Å². The average molecular weight is 351 g/mol. The highest BCUT2D eigenvalue weighted by Crippen LogP contribution is 2.49. The van der Waals surface area contributed by atoms with Gasteiger partial charge in [-0.1, -0.05) is 71.9 Å². The van der Waals surface area contributed by atoms with Gasteiger partial charge in [-0.25, -0.2) is 0 Å². The number of nitriles is 1. The molecule has 25 heavy (non-hydrogen) atoms. The van der Waals surface area contributed by atoms with Crippen molar-refractivity contribution in [3.63, 3.8) is 0 Å². The van der Waals surface area contributed by atoms with Gasteiger partial charge in [0.15, 0.2) is 0 Å². The molecule has 6 heteroatoms. The van der Waals surface area contributed by atoms with Crippen molar-refractivity contribution in [1.82, 2.24) is 0 Å². The number of benzene rings is 2. The Labute approximate surface area is 150 Å². The van der Waals surface area contributed by atoms with Crippen LogP contribution in [0.2, 0.25) is 0 Å². The molecule has 1 N–H and O–H groups in total. The Kier molecular flexibility index (Phi) is 4.86. The Morgan fingerprint density at radius 2 is 1.76 bits per heavy atom. The van der Waals surface area contributed by atoms with Gasteiger partial charge < -0.3 is 0 Å². The van der Waals surface area contributed by atoms with E-state index in [1.165, 1.54) is 0 Å². The lowest BCUT2D eigenvalue weighted by atomic mass is 9.78. The summed E-state index contributed by atoms with van der Waals surface area (Å²) in [6.07, 6.45) is 0. The fourth-order valence-corrected chi connectivity index (χ4v) is 4.62. The molecule has 0 radical (unpaired) electrons. The minimum atomic E-state index is -0.964. The Bertz CT molecular complexity index is 830. The molecule has 1 aliphatic heterocycles. The highest BCUT2D eigenvalue weighted by Gasteiger charge is 2.51. The molecule has 1 unspecified atom stereocenters. The average Bonchev–Trinajstić information content (AvgIpc) is 2.62. The molecule has 2 aromatic rings. The summed E-state index contributed by atoms with van der Waals surface area (Å²) in [7, 11) is 0. The number of nitrogens with one attached hydrogen (secondary N) is 1. The monoisotopic (exact) mass is 351 g/mol. The van der Waals surface area contributed by atoms with E-state index in [-0.39, 0.29) is 9.97 Å². The molecule has 0 aliphatic carbocycles. The Hall–Kier alpha value is -2.65. The van der Waals surface area contributed by atoms with Crippen LogP contribution in [0.25, 0.3) is 0 Å². The van der Waals surface area contributed by atoms with Gasteiger partial charge in [0.05, 0.1) is 17.0 Å². The maximum atomic E-state index is 12.0. The van der Waals surface area contributed by atoms with E-state index in [1.54, 1.807) is 0 Å². The van der Waals surface area contributed by atoms with Crippen molar-refractivity contribution in [1.29, 1.82) is 10.7 Å². The van der Waals surface area contributed by atoms with Crippen molar-refractivity contribution in [3.8, 4) is 6.07 Å². The zero-order valence-corrected chi connectivity index (χ0v) is 14.4. The molecule has 1 fully saturated rings. The van der Waals surface area contributed by atoms with Gasteiger partial charge in [0, 0.05) is 4.92 Å². The summed E-state index contributed by atoms with van der Waals surface area (Å²) in [6.45, 7) is 1.95. The lowest BCUT2D eigenvalue weighted by Gasteiger charge is -2.35. The minimum Gasteiger partial charge on any atom is -0.297 e. The number of rotatable bonds is 3. The second-order valence-electron chi connectivity index (χ2n) is 6.13.